The monoisotopic (exact) mass is 264 g/mol. The molecule has 0 bridgehead atoms. The molecule has 104 valence electrons. The minimum Gasteiger partial charge on any atom is -0.486 e. The van der Waals surface area contributed by atoms with E-state index >= 15 is 0 Å². The van der Waals surface area contributed by atoms with Crippen molar-refractivity contribution in [3.63, 3.8) is 0 Å². The number of ether oxygens (including phenoxy) is 2. The number of carbonyl (C=O) groups excluding carboxylic acids is 1. The van der Waals surface area contributed by atoms with E-state index in [2.05, 4.69) is 0 Å². The number of rotatable bonds is 5. The maximum Gasteiger partial charge on any atom is 0.222 e. The van der Waals surface area contributed by atoms with Crippen molar-refractivity contribution in [1.82, 2.24) is 4.90 Å². The number of likely N-dealkylation sites (N-methyl/N-ethyl adjacent to an activating group) is 1. The summed E-state index contributed by atoms with van der Waals surface area (Å²) in [7, 11) is 1.78. The summed E-state index contributed by atoms with van der Waals surface area (Å²) in [5.74, 6) is 1.59. The Hall–Kier alpha value is -1.75. The Labute approximate surface area is 113 Å². The van der Waals surface area contributed by atoms with Gasteiger partial charge in [0.15, 0.2) is 17.6 Å². The number of para-hydroxylation sites is 2. The number of nitrogens with zero attached hydrogens (tertiary/aromatic N) is 1. The molecule has 1 aromatic carbocycles. The standard InChI is InChI=1S/C14H20N2O3/c1-16(14(17)7-4-8-15)9-11-10-18-12-5-2-3-6-13(12)19-11/h2-3,5-6,11H,4,7-10,15H2,1H3. The molecular weight excluding hydrogens is 244 g/mol. The first-order chi connectivity index (χ1) is 9.20. The fraction of sp³-hybridized carbons (Fsp3) is 0.500. The van der Waals surface area contributed by atoms with E-state index in [0.717, 1.165) is 11.5 Å². The molecule has 19 heavy (non-hydrogen) atoms. The summed E-state index contributed by atoms with van der Waals surface area (Å²) in [6.07, 6.45) is 1.08. The predicted octanol–water partition coefficient (Wildman–Crippen LogP) is 1.02. The number of nitrogens with two attached hydrogens (primary N) is 1. The molecule has 0 radical (unpaired) electrons. The molecule has 5 heteroatoms. The largest absolute Gasteiger partial charge is 0.486 e. The predicted molar refractivity (Wildman–Crippen MR) is 72.3 cm³/mol. The summed E-state index contributed by atoms with van der Waals surface area (Å²) in [6.45, 7) is 1.53. The minimum absolute atomic E-state index is 0.0907. The van der Waals surface area contributed by atoms with Crippen LogP contribution >= 0.6 is 0 Å². The Kier molecular flexibility index (Phi) is 4.63. The molecule has 1 atom stereocenters. The van der Waals surface area contributed by atoms with Gasteiger partial charge in [0, 0.05) is 13.5 Å². The number of benzene rings is 1. The average molecular weight is 264 g/mol. The Morgan fingerprint density at radius 2 is 2.16 bits per heavy atom. The number of fused-ring (bicyclic) bond motifs is 1. The van der Waals surface area contributed by atoms with Crippen LogP contribution in [0.5, 0.6) is 11.5 Å². The lowest BCUT2D eigenvalue weighted by molar-refractivity contribution is -0.131. The molecule has 2 rings (SSSR count). The van der Waals surface area contributed by atoms with Gasteiger partial charge in [0.1, 0.15) is 6.61 Å². The van der Waals surface area contributed by atoms with E-state index in [4.69, 9.17) is 15.2 Å². The lowest BCUT2D eigenvalue weighted by Gasteiger charge is -2.29. The van der Waals surface area contributed by atoms with Crippen LogP contribution in [0.3, 0.4) is 0 Å². The van der Waals surface area contributed by atoms with E-state index in [1.165, 1.54) is 0 Å². The van der Waals surface area contributed by atoms with Gasteiger partial charge in [-0.1, -0.05) is 12.1 Å². The van der Waals surface area contributed by atoms with Gasteiger partial charge in [0.2, 0.25) is 5.91 Å². The normalized spacial score (nSPS) is 17.1. The zero-order valence-electron chi connectivity index (χ0n) is 11.2. The quantitative estimate of drug-likeness (QED) is 0.862. The third-order valence-corrected chi connectivity index (χ3v) is 3.07. The van der Waals surface area contributed by atoms with E-state index in [-0.39, 0.29) is 12.0 Å². The Bertz CT molecular complexity index is 436. The zero-order valence-corrected chi connectivity index (χ0v) is 11.2. The first-order valence-electron chi connectivity index (χ1n) is 6.53. The summed E-state index contributed by atoms with van der Waals surface area (Å²) < 4.78 is 11.4. The maximum absolute atomic E-state index is 11.8. The van der Waals surface area contributed by atoms with E-state index < -0.39 is 0 Å². The van der Waals surface area contributed by atoms with E-state index in [9.17, 15) is 4.79 Å². The van der Waals surface area contributed by atoms with Gasteiger partial charge < -0.3 is 20.1 Å². The summed E-state index contributed by atoms with van der Waals surface area (Å²) in [5.41, 5.74) is 5.40. The Morgan fingerprint density at radius 1 is 1.42 bits per heavy atom. The molecule has 0 aromatic heterocycles. The lowest BCUT2D eigenvalue weighted by Crippen LogP contribution is -2.41. The fourth-order valence-electron chi connectivity index (χ4n) is 2.00. The summed E-state index contributed by atoms with van der Waals surface area (Å²) >= 11 is 0. The van der Waals surface area contributed by atoms with Crippen molar-refractivity contribution in [2.45, 2.75) is 18.9 Å². The average Bonchev–Trinajstić information content (AvgIpc) is 2.44. The van der Waals surface area contributed by atoms with Crippen LogP contribution in [0.2, 0.25) is 0 Å². The maximum atomic E-state index is 11.8. The molecule has 0 saturated carbocycles. The van der Waals surface area contributed by atoms with Crippen LogP contribution in [-0.2, 0) is 4.79 Å². The summed E-state index contributed by atoms with van der Waals surface area (Å²) in [5, 5.41) is 0. The van der Waals surface area contributed by atoms with Crippen LogP contribution in [0.15, 0.2) is 24.3 Å². The van der Waals surface area contributed by atoms with Crippen LogP contribution in [0.1, 0.15) is 12.8 Å². The van der Waals surface area contributed by atoms with E-state index in [1.54, 1.807) is 11.9 Å². The van der Waals surface area contributed by atoms with Gasteiger partial charge in [-0.15, -0.1) is 0 Å². The molecule has 2 N–H and O–H groups in total. The van der Waals surface area contributed by atoms with Crippen LogP contribution < -0.4 is 15.2 Å². The molecule has 1 aromatic rings. The zero-order chi connectivity index (χ0) is 13.7. The van der Waals surface area contributed by atoms with E-state index in [0.29, 0.717) is 32.5 Å². The number of hydrogen-bond acceptors (Lipinski definition) is 4. The van der Waals surface area contributed by atoms with Crippen molar-refractivity contribution in [3.05, 3.63) is 24.3 Å². The number of carbonyl (C=O) groups is 1. The number of hydrogen-bond donors (Lipinski definition) is 1. The van der Waals surface area contributed by atoms with Gasteiger partial charge in [-0.05, 0) is 25.1 Å². The van der Waals surface area contributed by atoms with Gasteiger partial charge in [-0.2, -0.15) is 0 Å². The van der Waals surface area contributed by atoms with Gasteiger partial charge in [0.25, 0.3) is 0 Å². The fourth-order valence-corrected chi connectivity index (χ4v) is 2.00. The molecule has 1 unspecified atom stereocenters. The highest BCUT2D eigenvalue weighted by Crippen LogP contribution is 2.30. The molecule has 1 aliphatic heterocycles. The second-order valence-electron chi connectivity index (χ2n) is 4.66. The summed E-state index contributed by atoms with van der Waals surface area (Å²) in [6, 6.07) is 7.56. The summed E-state index contributed by atoms with van der Waals surface area (Å²) in [4.78, 5) is 13.5. The van der Waals surface area contributed by atoms with Crippen LogP contribution in [0.4, 0.5) is 0 Å². The molecule has 1 amide bonds. The first-order valence-corrected chi connectivity index (χ1v) is 6.53. The lowest BCUT2D eigenvalue weighted by atomic mass is 10.2. The highest BCUT2D eigenvalue weighted by atomic mass is 16.6. The van der Waals surface area contributed by atoms with E-state index in [1.807, 2.05) is 24.3 Å². The van der Waals surface area contributed by atoms with Crippen LogP contribution in [0, 0.1) is 0 Å². The molecule has 0 fully saturated rings. The van der Waals surface area contributed by atoms with Gasteiger partial charge >= 0.3 is 0 Å². The van der Waals surface area contributed by atoms with Gasteiger partial charge in [0.05, 0.1) is 6.54 Å². The van der Waals surface area contributed by atoms with Crippen molar-refractivity contribution in [3.8, 4) is 11.5 Å². The minimum atomic E-state index is -0.123. The smallest absolute Gasteiger partial charge is 0.222 e. The molecular formula is C14H20N2O3. The third-order valence-electron chi connectivity index (χ3n) is 3.07. The highest BCUT2D eigenvalue weighted by Gasteiger charge is 2.23. The molecule has 1 aliphatic rings. The number of amides is 1. The van der Waals surface area contributed by atoms with Crippen molar-refractivity contribution in [1.29, 1.82) is 0 Å². The molecule has 0 aliphatic carbocycles. The molecule has 0 spiro atoms. The Morgan fingerprint density at radius 3 is 2.89 bits per heavy atom. The van der Waals surface area contributed by atoms with Crippen LogP contribution in [-0.4, -0.2) is 43.7 Å². The van der Waals surface area contributed by atoms with Gasteiger partial charge in [-0.25, -0.2) is 0 Å². The SMILES string of the molecule is CN(CC1COc2ccccc2O1)C(=O)CCCN. The highest BCUT2D eigenvalue weighted by molar-refractivity contribution is 5.75. The van der Waals surface area contributed by atoms with Crippen LogP contribution in [0.25, 0.3) is 0 Å². The molecule has 1 heterocycles. The second kappa shape index (κ2) is 6.43. The van der Waals surface area contributed by atoms with Crippen molar-refractivity contribution < 1.29 is 14.3 Å². The Balaban J connectivity index is 1.86. The second-order valence-corrected chi connectivity index (χ2v) is 4.66. The molecule has 0 saturated heterocycles. The molecule has 5 nitrogen and oxygen atoms in total. The topological polar surface area (TPSA) is 64.8 Å². The van der Waals surface area contributed by atoms with Gasteiger partial charge in [-0.3, -0.25) is 4.79 Å². The van der Waals surface area contributed by atoms with Crippen molar-refractivity contribution in [2.75, 3.05) is 26.7 Å². The first kappa shape index (κ1) is 13.7. The van der Waals surface area contributed by atoms with Crippen molar-refractivity contribution >= 4 is 5.91 Å². The third kappa shape index (κ3) is 3.61. The van der Waals surface area contributed by atoms with Crippen molar-refractivity contribution in [2.24, 2.45) is 5.73 Å².